The molecule has 0 aliphatic carbocycles. The van der Waals surface area contributed by atoms with Crippen molar-refractivity contribution in [2.45, 2.75) is 20.4 Å². The molecule has 1 amide bonds. The Morgan fingerprint density at radius 3 is 2.36 bits per heavy atom. The molecule has 0 aliphatic heterocycles. The third-order valence-electron chi connectivity index (χ3n) is 5.84. The van der Waals surface area contributed by atoms with Crippen molar-refractivity contribution < 1.29 is 4.79 Å². The summed E-state index contributed by atoms with van der Waals surface area (Å²) in [7, 11) is 0. The molecule has 5 rings (SSSR count). The van der Waals surface area contributed by atoms with Crippen LogP contribution in [-0.4, -0.2) is 20.4 Å². The third-order valence-corrected chi connectivity index (χ3v) is 6.09. The Morgan fingerprint density at radius 1 is 0.970 bits per heavy atom. The van der Waals surface area contributed by atoms with Gasteiger partial charge in [0.05, 0.1) is 11.0 Å². The number of rotatable bonds is 4. The summed E-state index contributed by atoms with van der Waals surface area (Å²) in [5.74, 6) is -0.00298. The molecule has 7 heteroatoms. The fourth-order valence-corrected chi connectivity index (χ4v) is 4.01. The predicted octanol–water partition coefficient (Wildman–Crippen LogP) is 5.36. The van der Waals surface area contributed by atoms with E-state index in [1.54, 1.807) is 16.7 Å². The lowest BCUT2D eigenvalue weighted by atomic mass is 10.1. The second kappa shape index (κ2) is 8.22. The van der Waals surface area contributed by atoms with Crippen LogP contribution < -0.4 is 11.1 Å². The van der Waals surface area contributed by atoms with Crippen LogP contribution in [0.1, 0.15) is 27.0 Å². The summed E-state index contributed by atoms with van der Waals surface area (Å²) in [4.78, 5) is 22.9. The van der Waals surface area contributed by atoms with E-state index in [-0.39, 0.29) is 5.91 Å². The van der Waals surface area contributed by atoms with E-state index < -0.39 is 0 Å². The number of benzene rings is 3. The summed E-state index contributed by atoms with van der Waals surface area (Å²) in [5.41, 5.74) is 13.4. The molecule has 3 aromatic carbocycles. The first-order valence-electron chi connectivity index (χ1n) is 10.6. The van der Waals surface area contributed by atoms with Gasteiger partial charge in [-0.25, -0.2) is 9.97 Å². The molecule has 2 aromatic heterocycles. The highest BCUT2D eigenvalue weighted by Gasteiger charge is 2.25. The van der Waals surface area contributed by atoms with Crippen molar-refractivity contribution in [2.24, 2.45) is 0 Å². The fourth-order valence-electron chi connectivity index (χ4n) is 3.88. The Kier molecular flexibility index (Phi) is 5.23. The summed E-state index contributed by atoms with van der Waals surface area (Å²) in [5, 5.41) is 3.60. The zero-order valence-corrected chi connectivity index (χ0v) is 19.0. The minimum atomic E-state index is -0.306. The topological polar surface area (TPSA) is 85.8 Å². The van der Waals surface area contributed by atoms with E-state index in [9.17, 15) is 4.79 Å². The number of nitrogens with one attached hydrogen (secondary N) is 1. The average molecular weight is 456 g/mol. The highest BCUT2D eigenvalue weighted by Crippen LogP contribution is 2.31. The Hall–Kier alpha value is -3.90. The van der Waals surface area contributed by atoms with Crippen molar-refractivity contribution in [1.29, 1.82) is 0 Å². The molecule has 0 fully saturated rings. The Balaban J connectivity index is 1.66. The van der Waals surface area contributed by atoms with Gasteiger partial charge in [0.25, 0.3) is 5.91 Å². The van der Waals surface area contributed by atoms with Crippen molar-refractivity contribution in [1.82, 2.24) is 19.9 Å². The number of nitrogens with zero attached hydrogens (tertiary/aromatic N) is 3. The number of aromatic nitrogens is 3. The molecule has 5 aromatic rings. The molecule has 2 heterocycles. The van der Waals surface area contributed by atoms with E-state index in [0.717, 1.165) is 22.3 Å². The number of halogens is 1. The lowest BCUT2D eigenvalue weighted by Gasteiger charge is -2.10. The molecule has 0 saturated carbocycles. The van der Waals surface area contributed by atoms with Gasteiger partial charge in [-0.1, -0.05) is 41.9 Å². The zero-order valence-electron chi connectivity index (χ0n) is 18.3. The van der Waals surface area contributed by atoms with Crippen molar-refractivity contribution in [3.05, 3.63) is 94.0 Å². The van der Waals surface area contributed by atoms with E-state index in [1.807, 2.05) is 61.5 Å². The second-order valence-electron chi connectivity index (χ2n) is 8.06. The number of amides is 1. The maximum Gasteiger partial charge on any atom is 0.257 e. The van der Waals surface area contributed by atoms with Crippen molar-refractivity contribution in [2.75, 3.05) is 5.73 Å². The first kappa shape index (κ1) is 21.0. The van der Waals surface area contributed by atoms with Crippen molar-refractivity contribution in [3.8, 4) is 5.69 Å². The van der Waals surface area contributed by atoms with E-state index in [4.69, 9.17) is 27.3 Å². The molecular weight excluding hydrogens is 434 g/mol. The molecule has 0 saturated heterocycles. The van der Waals surface area contributed by atoms with Crippen LogP contribution in [0.25, 0.3) is 27.9 Å². The summed E-state index contributed by atoms with van der Waals surface area (Å²) < 4.78 is 1.80. The largest absolute Gasteiger partial charge is 0.384 e. The number of nitrogen functional groups attached to an aromatic ring is 1. The lowest BCUT2D eigenvalue weighted by molar-refractivity contribution is 0.0953. The van der Waals surface area contributed by atoms with E-state index in [2.05, 4.69) is 12.2 Å². The fraction of sp³-hybridized carbons (Fsp3) is 0.115. The smallest absolute Gasteiger partial charge is 0.257 e. The van der Waals surface area contributed by atoms with E-state index >= 15 is 0 Å². The van der Waals surface area contributed by atoms with Crippen LogP contribution in [-0.2, 0) is 6.54 Å². The Morgan fingerprint density at radius 2 is 1.67 bits per heavy atom. The molecular formula is C26H22ClN5O. The van der Waals surface area contributed by atoms with Crippen LogP contribution in [0, 0.1) is 13.8 Å². The number of para-hydroxylation sites is 2. The van der Waals surface area contributed by atoms with Crippen LogP contribution in [0.15, 0.2) is 66.7 Å². The van der Waals surface area contributed by atoms with Gasteiger partial charge < -0.3 is 11.1 Å². The number of anilines is 1. The van der Waals surface area contributed by atoms with Gasteiger partial charge in [0.15, 0.2) is 5.65 Å². The highest BCUT2D eigenvalue weighted by atomic mass is 35.5. The van der Waals surface area contributed by atoms with Gasteiger partial charge in [-0.05, 0) is 66.9 Å². The number of carbonyl (C=O) groups excluding carboxylic acids is 1. The number of nitrogens with two attached hydrogens (primary N) is 1. The number of hydrogen-bond donors (Lipinski definition) is 2. The molecule has 0 radical (unpaired) electrons. The number of fused-ring (bicyclic) bond motifs is 2. The summed E-state index contributed by atoms with van der Waals surface area (Å²) in [6.07, 6.45) is 0. The van der Waals surface area contributed by atoms with Crippen molar-refractivity contribution >= 4 is 45.5 Å². The molecule has 33 heavy (non-hydrogen) atoms. The van der Waals surface area contributed by atoms with Crippen LogP contribution in [0.3, 0.4) is 0 Å². The SMILES string of the molecule is Cc1ccc(-n2c(N)c(C(=O)NCc3ccc(Cl)cc3)c3nc4ccccc4nc32)cc1C. The van der Waals surface area contributed by atoms with Gasteiger partial charge in [0.2, 0.25) is 0 Å². The maximum atomic E-state index is 13.3. The highest BCUT2D eigenvalue weighted by molar-refractivity contribution is 6.30. The minimum absolute atomic E-state index is 0.303. The molecule has 164 valence electrons. The van der Waals surface area contributed by atoms with E-state index in [1.165, 1.54) is 5.56 Å². The van der Waals surface area contributed by atoms with Gasteiger partial charge in [-0.15, -0.1) is 0 Å². The molecule has 0 spiro atoms. The lowest BCUT2D eigenvalue weighted by Crippen LogP contribution is -2.24. The van der Waals surface area contributed by atoms with Gasteiger partial charge in [-0.3, -0.25) is 9.36 Å². The molecule has 6 nitrogen and oxygen atoms in total. The average Bonchev–Trinajstić information content (AvgIpc) is 3.09. The molecule has 0 atom stereocenters. The monoisotopic (exact) mass is 455 g/mol. The summed E-state index contributed by atoms with van der Waals surface area (Å²) >= 11 is 5.96. The number of hydrogen-bond acceptors (Lipinski definition) is 4. The van der Waals surface area contributed by atoms with Gasteiger partial charge in [-0.2, -0.15) is 0 Å². The number of aryl methyl sites for hydroxylation is 2. The van der Waals surface area contributed by atoms with Crippen LogP contribution in [0.2, 0.25) is 5.02 Å². The third kappa shape index (κ3) is 3.79. The molecule has 0 unspecified atom stereocenters. The quantitative estimate of drug-likeness (QED) is 0.382. The van der Waals surface area contributed by atoms with Crippen LogP contribution in [0.5, 0.6) is 0 Å². The van der Waals surface area contributed by atoms with Crippen LogP contribution >= 0.6 is 11.6 Å². The van der Waals surface area contributed by atoms with Gasteiger partial charge in [0, 0.05) is 17.3 Å². The predicted molar refractivity (Wildman–Crippen MR) is 133 cm³/mol. The Labute approximate surface area is 196 Å². The summed E-state index contributed by atoms with van der Waals surface area (Å²) in [6, 6.07) is 21.0. The van der Waals surface area contributed by atoms with Crippen molar-refractivity contribution in [3.63, 3.8) is 0 Å². The second-order valence-corrected chi connectivity index (χ2v) is 8.49. The van der Waals surface area contributed by atoms with Crippen LogP contribution in [0.4, 0.5) is 5.82 Å². The first-order valence-corrected chi connectivity index (χ1v) is 11.0. The normalized spacial score (nSPS) is 11.2. The maximum absolute atomic E-state index is 13.3. The van der Waals surface area contributed by atoms with Gasteiger partial charge >= 0.3 is 0 Å². The molecule has 0 aliphatic rings. The van der Waals surface area contributed by atoms with E-state index in [0.29, 0.717) is 39.6 Å². The molecule has 3 N–H and O–H groups in total. The number of carbonyl (C=O) groups is 1. The van der Waals surface area contributed by atoms with Gasteiger partial charge in [0.1, 0.15) is 16.9 Å². The Bertz CT molecular complexity index is 1520. The standard InChI is InChI=1S/C26H22ClN5O/c1-15-7-12-19(13-16(15)2)32-24(28)22(26(33)29-14-17-8-10-18(27)11-9-17)23-25(32)31-21-6-4-3-5-20(21)30-23/h3-13H,14,28H2,1-2H3,(H,29,33). The first-order chi connectivity index (χ1) is 15.9. The molecule has 0 bridgehead atoms. The zero-order chi connectivity index (χ0) is 23.1. The minimum Gasteiger partial charge on any atom is -0.384 e. The summed E-state index contributed by atoms with van der Waals surface area (Å²) in [6.45, 7) is 4.44.